The molecule has 5 heteroatoms. The maximum Gasteiger partial charge on any atom is 0.236 e. The van der Waals surface area contributed by atoms with E-state index in [1.807, 2.05) is 25.7 Å². The number of aryl methyl sites for hydroxylation is 1. The van der Waals surface area contributed by atoms with Crippen molar-refractivity contribution in [3.05, 3.63) is 22.7 Å². The number of carbonyl (C=O) groups excluding carboxylic acids is 1. The first-order chi connectivity index (χ1) is 7.82. The highest BCUT2D eigenvalue weighted by Gasteiger charge is 2.16. The van der Waals surface area contributed by atoms with Gasteiger partial charge in [0.1, 0.15) is 0 Å². The van der Waals surface area contributed by atoms with Crippen LogP contribution in [-0.4, -0.2) is 18.5 Å². The van der Waals surface area contributed by atoms with E-state index in [2.05, 4.69) is 0 Å². The minimum atomic E-state index is -0.369. The Morgan fingerprint density at radius 3 is 2.53 bits per heavy atom. The van der Waals surface area contributed by atoms with E-state index in [0.717, 1.165) is 11.3 Å². The lowest BCUT2D eigenvalue weighted by molar-refractivity contribution is -0.116. The van der Waals surface area contributed by atoms with Gasteiger partial charge in [-0.25, -0.2) is 0 Å². The van der Waals surface area contributed by atoms with Crippen molar-refractivity contribution in [3.8, 4) is 0 Å². The number of nitrogen functional groups attached to an aromatic ring is 1. The van der Waals surface area contributed by atoms with Crippen LogP contribution in [0.2, 0.25) is 5.02 Å². The summed E-state index contributed by atoms with van der Waals surface area (Å²) >= 11 is 6.00. The maximum absolute atomic E-state index is 11.1. The maximum atomic E-state index is 11.1. The van der Waals surface area contributed by atoms with Crippen LogP contribution in [-0.2, 0) is 4.79 Å². The Balaban J connectivity index is 3.18. The number of amides is 1. The summed E-state index contributed by atoms with van der Waals surface area (Å²) in [6, 6.07) is 3.73. The second-order valence-electron chi connectivity index (χ2n) is 4.35. The van der Waals surface area contributed by atoms with Crippen LogP contribution in [0, 0.1) is 6.92 Å². The highest BCUT2D eigenvalue weighted by atomic mass is 35.5. The zero-order chi connectivity index (χ0) is 13.2. The molecule has 1 amide bonds. The summed E-state index contributed by atoms with van der Waals surface area (Å²) in [7, 11) is 0. The Labute approximate surface area is 107 Å². The van der Waals surface area contributed by atoms with Crippen molar-refractivity contribution in [1.29, 1.82) is 0 Å². The minimum absolute atomic E-state index is 0.154. The molecule has 0 aliphatic carbocycles. The van der Waals surface area contributed by atoms with Crippen LogP contribution in [0.15, 0.2) is 12.1 Å². The molecular formula is C12H18ClN3O. The molecule has 0 aromatic heterocycles. The number of nitrogens with two attached hydrogens (primary N) is 2. The van der Waals surface area contributed by atoms with Crippen molar-refractivity contribution in [3.63, 3.8) is 0 Å². The fourth-order valence-corrected chi connectivity index (χ4v) is 1.87. The van der Waals surface area contributed by atoms with E-state index in [0.29, 0.717) is 10.7 Å². The van der Waals surface area contributed by atoms with Crippen molar-refractivity contribution >= 4 is 28.9 Å². The van der Waals surface area contributed by atoms with Gasteiger partial charge in [-0.1, -0.05) is 11.6 Å². The number of hydrogen-bond donors (Lipinski definition) is 2. The van der Waals surface area contributed by atoms with Crippen LogP contribution < -0.4 is 16.4 Å². The predicted molar refractivity (Wildman–Crippen MR) is 72.3 cm³/mol. The van der Waals surface area contributed by atoms with Crippen molar-refractivity contribution in [2.24, 2.45) is 5.73 Å². The Hall–Kier alpha value is -1.42. The molecule has 0 spiro atoms. The van der Waals surface area contributed by atoms with Crippen molar-refractivity contribution in [1.82, 2.24) is 0 Å². The second kappa shape index (κ2) is 5.27. The lowest BCUT2D eigenvalue weighted by Crippen LogP contribution is -2.39. The molecule has 4 nitrogen and oxygen atoms in total. The summed E-state index contributed by atoms with van der Waals surface area (Å²) in [6.07, 6.45) is 0. The van der Waals surface area contributed by atoms with Crippen LogP contribution in [0.4, 0.5) is 11.4 Å². The van der Waals surface area contributed by atoms with Crippen molar-refractivity contribution in [2.75, 3.05) is 17.2 Å². The summed E-state index contributed by atoms with van der Waals surface area (Å²) in [5.41, 5.74) is 13.4. The normalized spacial score (nSPS) is 10.6. The fraction of sp³-hybridized carbons (Fsp3) is 0.417. The van der Waals surface area contributed by atoms with Gasteiger partial charge >= 0.3 is 0 Å². The van der Waals surface area contributed by atoms with Gasteiger partial charge in [-0.2, -0.15) is 0 Å². The number of carbonyl (C=O) groups is 1. The molecule has 1 rings (SSSR count). The monoisotopic (exact) mass is 255 g/mol. The van der Waals surface area contributed by atoms with E-state index in [9.17, 15) is 4.79 Å². The first-order valence-electron chi connectivity index (χ1n) is 5.43. The number of primary amides is 1. The number of nitrogens with zero attached hydrogens (tertiary/aromatic N) is 1. The highest BCUT2D eigenvalue weighted by Crippen LogP contribution is 2.30. The van der Waals surface area contributed by atoms with E-state index < -0.39 is 0 Å². The Morgan fingerprint density at radius 1 is 1.47 bits per heavy atom. The van der Waals surface area contributed by atoms with Gasteiger partial charge in [-0.3, -0.25) is 4.79 Å². The summed E-state index contributed by atoms with van der Waals surface area (Å²) in [5, 5.41) is 0.487. The molecule has 0 aliphatic rings. The molecule has 1 aromatic carbocycles. The summed E-state index contributed by atoms with van der Waals surface area (Å²) in [4.78, 5) is 13.0. The minimum Gasteiger partial charge on any atom is -0.398 e. The van der Waals surface area contributed by atoms with E-state index in [1.165, 1.54) is 0 Å². The first kappa shape index (κ1) is 13.6. The largest absolute Gasteiger partial charge is 0.398 e. The van der Waals surface area contributed by atoms with Crippen LogP contribution in [0.1, 0.15) is 19.4 Å². The molecule has 1 aromatic rings. The van der Waals surface area contributed by atoms with E-state index in [-0.39, 0.29) is 18.5 Å². The Morgan fingerprint density at radius 2 is 2.06 bits per heavy atom. The predicted octanol–water partition coefficient (Wildman–Crippen LogP) is 1.93. The summed E-state index contributed by atoms with van der Waals surface area (Å²) < 4.78 is 0. The number of rotatable bonds is 4. The van der Waals surface area contributed by atoms with Crippen LogP contribution >= 0.6 is 11.6 Å². The van der Waals surface area contributed by atoms with Gasteiger partial charge in [0.25, 0.3) is 0 Å². The third kappa shape index (κ3) is 3.27. The Bertz CT molecular complexity index is 432. The van der Waals surface area contributed by atoms with Gasteiger partial charge in [0.2, 0.25) is 5.91 Å². The van der Waals surface area contributed by atoms with Crippen molar-refractivity contribution < 1.29 is 4.79 Å². The van der Waals surface area contributed by atoms with Gasteiger partial charge in [0, 0.05) is 11.7 Å². The Kier molecular flexibility index (Phi) is 4.23. The molecule has 0 atom stereocenters. The third-order valence-electron chi connectivity index (χ3n) is 2.57. The van der Waals surface area contributed by atoms with Gasteiger partial charge in [-0.15, -0.1) is 0 Å². The lowest BCUT2D eigenvalue weighted by atomic mass is 10.1. The molecule has 0 bridgehead atoms. The van der Waals surface area contributed by atoms with E-state index in [1.54, 1.807) is 12.1 Å². The topological polar surface area (TPSA) is 72.3 Å². The number of halogens is 1. The highest BCUT2D eigenvalue weighted by molar-refractivity contribution is 6.33. The van der Waals surface area contributed by atoms with Crippen LogP contribution in [0.5, 0.6) is 0 Å². The van der Waals surface area contributed by atoms with Crippen molar-refractivity contribution in [2.45, 2.75) is 26.8 Å². The molecule has 0 aliphatic heterocycles. The standard InChI is InChI=1S/C12H18ClN3O/c1-7(2)16(6-12(15)17)11-5-9(13)10(14)4-8(11)3/h4-5,7H,6,14H2,1-3H3,(H2,15,17). The first-order valence-corrected chi connectivity index (χ1v) is 5.81. The molecule has 0 saturated heterocycles. The second-order valence-corrected chi connectivity index (χ2v) is 4.76. The quantitative estimate of drug-likeness (QED) is 0.808. The molecular weight excluding hydrogens is 238 g/mol. The summed E-state index contributed by atoms with van der Waals surface area (Å²) in [5.74, 6) is -0.369. The van der Waals surface area contributed by atoms with Gasteiger partial charge < -0.3 is 16.4 Å². The molecule has 17 heavy (non-hydrogen) atoms. The zero-order valence-corrected chi connectivity index (χ0v) is 11.1. The van der Waals surface area contributed by atoms with Gasteiger partial charge in [-0.05, 0) is 38.5 Å². The smallest absolute Gasteiger partial charge is 0.236 e. The third-order valence-corrected chi connectivity index (χ3v) is 2.90. The molecule has 0 fully saturated rings. The number of hydrogen-bond acceptors (Lipinski definition) is 3. The molecule has 0 heterocycles. The van der Waals surface area contributed by atoms with Crippen LogP contribution in [0.25, 0.3) is 0 Å². The fourth-order valence-electron chi connectivity index (χ4n) is 1.72. The zero-order valence-electron chi connectivity index (χ0n) is 10.3. The molecule has 0 radical (unpaired) electrons. The van der Waals surface area contributed by atoms with Gasteiger partial charge in [0.05, 0.1) is 17.3 Å². The molecule has 94 valence electrons. The van der Waals surface area contributed by atoms with E-state index >= 15 is 0 Å². The molecule has 0 saturated carbocycles. The van der Waals surface area contributed by atoms with E-state index in [4.69, 9.17) is 23.1 Å². The number of benzene rings is 1. The average Bonchev–Trinajstić information content (AvgIpc) is 2.20. The SMILES string of the molecule is Cc1cc(N)c(Cl)cc1N(CC(N)=O)C(C)C. The summed E-state index contributed by atoms with van der Waals surface area (Å²) in [6.45, 7) is 6.08. The lowest BCUT2D eigenvalue weighted by Gasteiger charge is -2.29. The number of anilines is 2. The van der Waals surface area contributed by atoms with Crippen LogP contribution in [0.3, 0.4) is 0 Å². The average molecular weight is 256 g/mol. The van der Waals surface area contributed by atoms with Gasteiger partial charge in [0.15, 0.2) is 0 Å². The molecule has 4 N–H and O–H groups in total. The molecule has 0 unspecified atom stereocenters.